The highest BCUT2D eigenvalue weighted by atomic mass is 79.9. The van der Waals surface area contributed by atoms with Crippen molar-refractivity contribution in [1.29, 1.82) is 0 Å². The first-order valence-corrected chi connectivity index (χ1v) is 7.34. The van der Waals surface area contributed by atoms with Gasteiger partial charge in [-0.05, 0) is 28.0 Å². The summed E-state index contributed by atoms with van der Waals surface area (Å²) in [6.45, 7) is 5.93. The van der Waals surface area contributed by atoms with Crippen LogP contribution >= 0.6 is 15.9 Å². The predicted octanol–water partition coefficient (Wildman–Crippen LogP) is 3.16. The molecule has 2 aromatic rings. The van der Waals surface area contributed by atoms with E-state index in [4.69, 9.17) is 0 Å². The molecular formula is C14H17BrN4O2. The van der Waals surface area contributed by atoms with Crippen LogP contribution in [0, 0.1) is 5.41 Å². The fourth-order valence-corrected chi connectivity index (χ4v) is 2.61. The molecule has 2 rings (SSSR count). The molecule has 112 valence electrons. The summed E-state index contributed by atoms with van der Waals surface area (Å²) in [4.78, 5) is 11.2. The lowest BCUT2D eigenvalue weighted by Gasteiger charge is -2.29. The van der Waals surface area contributed by atoms with E-state index in [-0.39, 0.29) is 17.9 Å². The molecule has 1 aromatic carbocycles. The number of carboxylic acid groups (broad SMARTS) is 1. The van der Waals surface area contributed by atoms with Gasteiger partial charge in [0.2, 0.25) is 0 Å². The van der Waals surface area contributed by atoms with Gasteiger partial charge in [-0.2, -0.15) is 0 Å². The topological polar surface area (TPSA) is 80.9 Å². The second kappa shape index (κ2) is 5.93. The van der Waals surface area contributed by atoms with E-state index in [0.29, 0.717) is 5.82 Å². The zero-order chi connectivity index (χ0) is 15.6. The third-order valence-corrected chi connectivity index (χ3v) is 3.96. The van der Waals surface area contributed by atoms with Gasteiger partial charge in [-0.15, -0.1) is 5.10 Å². The zero-order valence-electron chi connectivity index (χ0n) is 12.1. The summed E-state index contributed by atoms with van der Waals surface area (Å²) in [7, 11) is 0. The molecule has 1 N–H and O–H groups in total. The van der Waals surface area contributed by atoms with E-state index in [1.54, 1.807) is 4.68 Å². The predicted molar refractivity (Wildman–Crippen MR) is 81.7 cm³/mol. The molecule has 0 aliphatic heterocycles. The molecule has 1 aromatic heterocycles. The summed E-state index contributed by atoms with van der Waals surface area (Å²) in [6.07, 6.45) is -0.0357. The first-order valence-electron chi connectivity index (χ1n) is 6.55. The van der Waals surface area contributed by atoms with Gasteiger partial charge < -0.3 is 5.11 Å². The minimum absolute atomic E-state index is 0.0357. The van der Waals surface area contributed by atoms with Crippen molar-refractivity contribution in [2.75, 3.05) is 0 Å². The highest BCUT2D eigenvalue weighted by molar-refractivity contribution is 9.10. The van der Waals surface area contributed by atoms with Gasteiger partial charge in [0.1, 0.15) is 0 Å². The van der Waals surface area contributed by atoms with Gasteiger partial charge in [0.15, 0.2) is 5.82 Å². The molecule has 0 amide bonds. The van der Waals surface area contributed by atoms with Crippen molar-refractivity contribution in [1.82, 2.24) is 20.2 Å². The van der Waals surface area contributed by atoms with Crippen molar-refractivity contribution >= 4 is 21.9 Å². The molecule has 21 heavy (non-hydrogen) atoms. The van der Waals surface area contributed by atoms with Crippen molar-refractivity contribution in [3.8, 4) is 11.4 Å². The Morgan fingerprint density at radius 2 is 2.05 bits per heavy atom. The Morgan fingerprint density at radius 1 is 1.38 bits per heavy atom. The maximum Gasteiger partial charge on any atom is 0.305 e. The van der Waals surface area contributed by atoms with Crippen LogP contribution in [0.15, 0.2) is 28.7 Å². The lowest BCUT2D eigenvalue weighted by Crippen LogP contribution is -2.28. The fourth-order valence-electron chi connectivity index (χ4n) is 2.15. The van der Waals surface area contributed by atoms with Gasteiger partial charge in [0.25, 0.3) is 0 Å². The minimum atomic E-state index is -0.872. The SMILES string of the molecule is CC(C)(C)C(CC(=O)O)n1nnnc1-c1ccccc1Br. The number of benzene rings is 1. The number of carboxylic acids is 1. The Kier molecular flexibility index (Phi) is 4.41. The minimum Gasteiger partial charge on any atom is -0.481 e. The van der Waals surface area contributed by atoms with Crippen LogP contribution in [-0.2, 0) is 4.79 Å². The van der Waals surface area contributed by atoms with Gasteiger partial charge in [0.05, 0.1) is 12.5 Å². The number of rotatable bonds is 4. The van der Waals surface area contributed by atoms with Gasteiger partial charge >= 0.3 is 5.97 Å². The van der Waals surface area contributed by atoms with Crippen LogP contribution in [0.5, 0.6) is 0 Å². The summed E-state index contributed by atoms with van der Waals surface area (Å²) >= 11 is 3.48. The summed E-state index contributed by atoms with van der Waals surface area (Å²) in [5, 5.41) is 21.0. The highest BCUT2D eigenvalue weighted by Crippen LogP contribution is 2.36. The van der Waals surface area contributed by atoms with E-state index in [0.717, 1.165) is 10.0 Å². The Hall–Kier alpha value is -1.76. The number of hydrogen-bond donors (Lipinski definition) is 1. The van der Waals surface area contributed by atoms with Crippen LogP contribution in [0.2, 0.25) is 0 Å². The molecule has 1 unspecified atom stereocenters. The first-order chi connectivity index (χ1) is 9.80. The molecule has 0 aliphatic carbocycles. The second-order valence-corrected chi connectivity index (χ2v) is 6.76. The third-order valence-electron chi connectivity index (χ3n) is 3.27. The van der Waals surface area contributed by atoms with Crippen molar-refractivity contribution < 1.29 is 9.90 Å². The van der Waals surface area contributed by atoms with Gasteiger partial charge in [-0.25, -0.2) is 4.68 Å². The second-order valence-electron chi connectivity index (χ2n) is 5.91. The van der Waals surface area contributed by atoms with Crippen molar-refractivity contribution in [3.63, 3.8) is 0 Å². The van der Waals surface area contributed by atoms with E-state index in [1.165, 1.54) is 0 Å². The van der Waals surface area contributed by atoms with Gasteiger partial charge in [0, 0.05) is 10.0 Å². The molecule has 6 nitrogen and oxygen atoms in total. The largest absolute Gasteiger partial charge is 0.481 e. The summed E-state index contributed by atoms with van der Waals surface area (Å²) < 4.78 is 2.47. The van der Waals surface area contributed by atoms with Crippen molar-refractivity contribution in [2.45, 2.75) is 33.2 Å². The average Bonchev–Trinajstić information content (AvgIpc) is 2.83. The number of halogens is 1. The Labute approximate surface area is 131 Å². The number of aliphatic carboxylic acids is 1. The molecule has 1 atom stereocenters. The van der Waals surface area contributed by atoms with E-state index >= 15 is 0 Å². The maximum atomic E-state index is 11.2. The lowest BCUT2D eigenvalue weighted by molar-refractivity contribution is -0.138. The maximum absolute atomic E-state index is 11.2. The normalized spacial score (nSPS) is 13.1. The quantitative estimate of drug-likeness (QED) is 0.913. The molecule has 0 fully saturated rings. The zero-order valence-corrected chi connectivity index (χ0v) is 13.7. The summed E-state index contributed by atoms with van der Waals surface area (Å²) in [5.74, 6) is -0.313. The molecule has 0 spiro atoms. The van der Waals surface area contributed by atoms with Crippen LogP contribution < -0.4 is 0 Å². The van der Waals surface area contributed by atoms with Crippen molar-refractivity contribution in [2.24, 2.45) is 5.41 Å². The van der Waals surface area contributed by atoms with E-state index in [9.17, 15) is 9.90 Å². The van der Waals surface area contributed by atoms with Gasteiger partial charge in [-0.1, -0.05) is 48.8 Å². The highest BCUT2D eigenvalue weighted by Gasteiger charge is 2.32. The van der Waals surface area contributed by atoms with Crippen LogP contribution in [0.3, 0.4) is 0 Å². The monoisotopic (exact) mass is 352 g/mol. The number of hydrogen-bond acceptors (Lipinski definition) is 4. The smallest absolute Gasteiger partial charge is 0.305 e. The van der Waals surface area contributed by atoms with Crippen LogP contribution in [0.25, 0.3) is 11.4 Å². The number of carbonyl (C=O) groups is 1. The molecule has 1 heterocycles. The van der Waals surface area contributed by atoms with E-state index in [2.05, 4.69) is 31.5 Å². The molecule has 0 bridgehead atoms. The number of aromatic nitrogens is 4. The Morgan fingerprint density at radius 3 is 2.62 bits per heavy atom. The molecule has 0 saturated carbocycles. The molecule has 0 radical (unpaired) electrons. The van der Waals surface area contributed by atoms with Crippen LogP contribution in [-0.4, -0.2) is 31.3 Å². The van der Waals surface area contributed by atoms with Crippen LogP contribution in [0.4, 0.5) is 0 Å². The number of nitrogens with zero attached hydrogens (tertiary/aromatic N) is 4. The number of tetrazole rings is 1. The Balaban J connectivity index is 2.52. The molecular weight excluding hydrogens is 336 g/mol. The van der Waals surface area contributed by atoms with E-state index < -0.39 is 5.97 Å². The van der Waals surface area contributed by atoms with Gasteiger partial charge in [-0.3, -0.25) is 4.79 Å². The molecule has 0 saturated heterocycles. The summed E-state index contributed by atoms with van der Waals surface area (Å²) in [6, 6.07) is 7.25. The lowest BCUT2D eigenvalue weighted by atomic mass is 9.84. The van der Waals surface area contributed by atoms with Crippen molar-refractivity contribution in [3.05, 3.63) is 28.7 Å². The standard InChI is InChI=1S/C14H17BrN4O2/c1-14(2,3)11(8-12(20)21)19-13(16-17-18-19)9-6-4-5-7-10(9)15/h4-7,11H,8H2,1-3H3,(H,20,21). The average molecular weight is 353 g/mol. The Bertz CT molecular complexity index is 648. The first kappa shape index (κ1) is 15.6. The molecule has 0 aliphatic rings. The summed E-state index contributed by atoms with van der Waals surface area (Å²) in [5.41, 5.74) is 0.547. The fraction of sp³-hybridized carbons (Fsp3) is 0.429. The van der Waals surface area contributed by atoms with E-state index in [1.807, 2.05) is 45.0 Å². The molecule has 7 heteroatoms. The van der Waals surface area contributed by atoms with Crippen LogP contribution in [0.1, 0.15) is 33.2 Å². The third kappa shape index (κ3) is 3.47.